The summed E-state index contributed by atoms with van der Waals surface area (Å²) in [7, 11) is 0. The van der Waals surface area contributed by atoms with Gasteiger partial charge in [0.15, 0.2) is 5.82 Å². The van der Waals surface area contributed by atoms with Crippen LogP contribution in [-0.2, 0) is 14.3 Å². The van der Waals surface area contributed by atoms with Crippen molar-refractivity contribution in [1.29, 1.82) is 0 Å². The van der Waals surface area contributed by atoms with Crippen LogP contribution in [0.3, 0.4) is 0 Å². The quantitative estimate of drug-likeness (QED) is 0.222. The average molecular weight is 325 g/mol. The van der Waals surface area contributed by atoms with Gasteiger partial charge in [-0.3, -0.25) is 14.7 Å². The lowest BCUT2D eigenvalue weighted by Gasteiger charge is -2.27. The standard InChI is InChI=1S/C13H19N5O5/c1-2-4-8(20)23-13(22-6-3-5-19)18-7-15-9-10(18)16-12(14)17-11(9)21/h2,4,13,15,19H,3,5-7H2,1H3,(H3,14,16,17,21). The minimum absolute atomic E-state index is 0.0589. The van der Waals surface area contributed by atoms with E-state index in [4.69, 9.17) is 20.3 Å². The van der Waals surface area contributed by atoms with E-state index in [2.05, 4.69) is 15.3 Å². The second-order valence-electron chi connectivity index (χ2n) is 4.65. The molecule has 0 aromatic carbocycles. The van der Waals surface area contributed by atoms with Crippen molar-refractivity contribution in [3.8, 4) is 0 Å². The van der Waals surface area contributed by atoms with Crippen LogP contribution in [0, 0.1) is 0 Å². The maximum atomic E-state index is 11.8. The Morgan fingerprint density at radius 2 is 2.39 bits per heavy atom. The fourth-order valence-corrected chi connectivity index (χ4v) is 1.97. The number of esters is 1. The number of anilines is 3. The summed E-state index contributed by atoms with van der Waals surface area (Å²) in [6.45, 7) is 1.93. The smallest absolute Gasteiger partial charge is 0.334 e. The lowest BCUT2D eigenvalue weighted by molar-refractivity contribution is -0.173. The van der Waals surface area contributed by atoms with Crippen LogP contribution in [0.2, 0.25) is 0 Å². The van der Waals surface area contributed by atoms with Crippen LogP contribution in [-0.4, -0.2) is 47.3 Å². The van der Waals surface area contributed by atoms with Gasteiger partial charge in [-0.05, 0) is 13.3 Å². The largest absolute Gasteiger partial charge is 0.413 e. The van der Waals surface area contributed by atoms with E-state index in [1.165, 1.54) is 17.1 Å². The number of carbonyl (C=O) groups excluding carboxylic acids is 1. The number of allylic oxidation sites excluding steroid dienone is 1. The molecule has 1 aromatic rings. The first-order valence-corrected chi connectivity index (χ1v) is 7.03. The second-order valence-corrected chi connectivity index (χ2v) is 4.65. The fraction of sp³-hybridized carbons (Fsp3) is 0.462. The van der Waals surface area contributed by atoms with Crippen molar-refractivity contribution in [1.82, 2.24) is 9.97 Å². The Labute approximate surface area is 131 Å². The molecule has 10 nitrogen and oxygen atoms in total. The van der Waals surface area contributed by atoms with E-state index in [1.54, 1.807) is 6.92 Å². The highest BCUT2D eigenvalue weighted by Gasteiger charge is 2.32. The summed E-state index contributed by atoms with van der Waals surface area (Å²) in [5.74, 6) is -0.433. The van der Waals surface area contributed by atoms with E-state index < -0.39 is 17.9 Å². The number of aliphatic hydroxyl groups is 1. The first-order valence-electron chi connectivity index (χ1n) is 7.03. The average Bonchev–Trinajstić information content (AvgIpc) is 2.90. The number of nitrogens with zero attached hydrogens (tertiary/aromatic N) is 2. The van der Waals surface area contributed by atoms with Gasteiger partial charge in [-0.15, -0.1) is 0 Å². The van der Waals surface area contributed by atoms with Gasteiger partial charge in [-0.1, -0.05) is 6.08 Å². The Bertz CT molecular complexity index is 644. The van der Waals surface area contributed by atoms with Gasteiger partial charge in [0.1, 0.15) is 5.69 Å². The zero-order chi connectivity index (χ0) is 16.8. The van der Waals surface area contributed by atoms with Crippen LogP contribution in [0.5, 0.6) is 0 Å². The number of aromatic amines is 1. The number of rotatable bonds is 7. The molecule has 23 heavy (non-hydrogen) atoms. The first-order chi connectivity index (χ1) is 11.1. The molecule has 0 saturated carbocycles. The van der Waals surface area contributed by atoms with Crippen molar-refractivity contribution in [3.63, 3.8) is 0 Å². The molecule has 0 saturated heterocycles. The summed E-state index contributed by atoms with van der Waals surface area (Å²) in [4.78, 5) is 31.4. The van der Waals surface area contributed by atoms with Crippen molar-refractivity contribution < 1.29 is 19.4 Å². The molecule has 0 fully saturated rings. The maximum absolute atomic E-state index is 11.8. The Morgan fingerprint density at radius 1 is 1.61 bits per heavy atom. The predicted molar refractivity (Wildman–Crippen MR) is 82.6 cm³/mol. The number of aliphatic hydroxyl groups excluding tert-OH is 1. The summed E-state index contributed by atoms with van der Waals surface area (Å²) in [5.41, 5.74) is 5.34. The highest BCUT2D eigenvalue weighted by Crippen LogP contribution is 2.28. The van der Waals surface area contributed by atoms with Crippen molar-refractivity contribution in [2.45, 2.75) is 19.8 Å². The summed E-state index contributed by atoms with van der Waals surface area (Å²) in [6, 6.07) is 0. The molecule has 10 heteroatoms. The van der Waals surface area contributed by atoms with Crippen LogP contribution in [0.4, 0.5) is 17.5 Å². The Morgan fingerprint density at radius 3 is 3.09 bits per heavy atom. The third-order valence-corrected chi connectivity index (χ3v) is 2.95. The number of nitrogens with two attached hydrogens (primary N) is 1. The number of H-pyrrole nitrogens is 1. The molecular formula is C13H19N5O5. The zero-order valence-electron chi connectivity index (χ0n) is 12.6. The van der Waals surface area contributed by atoms with E-state index in [0.29, 0.717) is 6.42 Å². The molecule has 0 aliphatic carbocycles. The summed E-state index contributed by atoms with van der Waals surface area (Å²) in [5, 5.41) is 11.7. The molecule has 0 amide bonds. The van der Waals surface area contributed by atoms with Gasteiger partial charge in [0.2, 0.25) is 5.95 Å². The molecule has 1 aliphatic heterocycles. The number of carbonyl (C=O) groups is 1. The fourth-order valence-electron chi connectivity index (χ4n) is 1.97. The lowest BCUT2D eigenvalue weighted by Crippen LogP contribution is -2.41. The van der Waals surface area contributed by atoms with Crippen LogP contribution in [0.1, 0.15) is 13.3 Å². The van der Waals surface area contributed by atoms with Crippen molar-refractivity contribution >= 4 is 23.4 Å². The normalized spacial score (nSPS) is 14.6. The van der Waals surface area contributed by atoms with Gasteiger partial charge in [-0.2, -0.15) is 4.98 Å². The topological polar surface area (TPSA) is 143 Å². The number of fused-ring (bicyclic) bond motifs is 1. The molecule has 2 heterocycles. The molecule has 1 atom stereocenters. The van der Waals surface area contributed by atoms with Crippen LogP contribution < -0.4 is 21.5 Å². The summed E-state index contributed by atoms with van der Waals surface area (Å²) < 4.78 is 10.7. The minimum Gasteiger partial charge on any atom is -0.413 e. The minimum atomic E-state index is -1.10. The molecule has 0 spiro atoms. The molecule has 1 unspecified atom stereocenters. The Kier molecular flexibility index (Phi) is 5.55. The van der Waals surface area contributed by atoms with Crippen molar-refractivity contribution in [3.05, 3.63) is 22.5 Å². The van der Waals surface area contributed by atoms with Gasteiger partial charge in [0, 0.05) is 12.7 Å². The third-order valence-electron chi connectivity index (χ3n) is 2.95. The highest BCUT2D eigenvalue weighted by atomic mass is 16.7. The van der Waals surface area contributed by atoms with E-state index in [0.717, 1.165) is 0 Å². The van der Waals surface area contributed by atoms with Crippen molar-refractivity contribution in [2.75, 3.05) is 35.8 Å². The Hall–Kier alpha value is -2.59. The van der Waals surface area contributed by atoms with E-state index in [1.807, 2.05) is 0 Å². The number of hydrogen-bond acceptors (Lipinski definition) is 9. The predicted octanol–water partition coefficient (Wildman–Crippen LogP) is -0.657. The van der Waals surface area contributed by atoms with Crippen LogP contribution in [0.25, 0.3) is 0 Å². The van der Waals surface area contributed by atoms with Gasteiger partial charge in [-0.25, -0.2) is 4.79 Å². The summed E-state index contributed by atoms with van der Waals surface area (Å²) >= 11 is 0. The third kappa shape index (κ3) is 3.99. The SMILES string of the molecule is CC=CC(=O)OC(OCCCO)N1CNc2c1nc(N)[nH]c2=O. The summed E-state index contributed by atoms with van der Waals surface area (Å²) in [6.07, 6.45) is 2.04. The van der Waals surface area contributed by atoms with E-state index >= 15 is 0 Å². The Balaban J connectivity index is 2.23. The molecule has 126 valence electrons. The van der Waals surface area contributed by atoms with Gasteiger partial charge in [0.25, 0.3) is 12.0 Å². The first kappa shape index (κ1) is 16.8. The van der Waals surface area contributed by atoms with Crippen LogP contribution >= 0.6 is 0 Å². The number of ether oxygens (including phenoxy) is 2. The molecule has 0 bridgehead atoms. The lowest BCUT2D eigenvalue weighted by atomic mass is 10.4. The molecule has 1 aliphatic rings. The molecular weight excluding hydrogens is 306 g/mol. The molecule has 0 radical (unpaired) electrons. The zero-order valence-corrected chi connectivity index (χ0v) is 12.6. The van der Waals surface area contributed by atoms with Crippen molar-refractivity contribution in [2.24, 2.45) is 0 Å². The van der Waals surface area contributed by atoms with E-state index in [9.17, 15) is 9.59 Å². The van der Waals surface area contributed by atoms with Crippen LogP contribution in [0.15, 0.2) is 16.9 Å². The number of nitrogen functional groups attached to an aromatic ring is 1. The van der Waals surface area contributed by atoms with Gasteiger partial charge < -0.3 is 25.6 Å². The number of nitrogens with one attached hydrogen (secondary N) is 2. The molecule has 2 rings (SSSR count). The van der Waals surface area contributed by atoms with Gasteiger partial charge in [0.05, 0.1) is 13.3 Å². The van der Waals surface area contributed by atoms with Gasteiger partial charge >= 0.3 is 5.97 Å². The van der Waals surface area contributed by atoms with E-state index in [-0.39, 0.29) is 37.3 Å². The second kappa shape index (κ2) is 7.61. The molecule has 1 aromatic heterocycles. The number of aromatic nitrogens is 2. The number of hydrogen-bond donors (Lipinski definition) is 4. The maximum Gasteiger partial charge on any atom is 0.334 e. The monoisotopic (exact) mass is 325 g/mol. The highest BCUT2D eigenvalue weighted by molar-refractivity contribution is 5.82. The molecule has 5 N–H and O–H groups in total.